The van der Waals surface area contributed by atoms with E-state index in [0.29, 0.717) is 0 Å². The van der Waals surface area contributed by atoms with Gasteiger partial charge in [-0.05, 0) is 38.5 Å². The highest BCUT2D eigenvalue weighted by Crippen LogP contribution is 2.24. The van der Waals surface area contributed by atoms with E-state index in [4.69, 9.17) is 9.84 Å². The fourth-order valence-corrected chi connectivity index (χ4v) is 1.59. The van der Waals surface area contributed by atoms with Gasteiger partial charge in [-0.25, -0.2) is 4.79 Å². The molecule has 2 atom stereocenters. The van der Waals surface area contributed by atoms with Crippen molar-refractivity contribution in [1.82, 2.24) is 0 Å². The molecule has 1 aromatic carbocycles. The third-order valence-corrected chi connectivity index (χ3v) is 2.56. The first-order chi connectivity index (χ1) is 8.20. The van der Waals surface area contributed by atoms with Gasteiger partial charge in [0.1, 0.15) is 11.4 Å². The monoisotopic (exact) mass is 252 g/mol. The summed E-state index contributed by atoms with van der Waals surface area (Å²) >= 11 is 0. The second kappa shape index (κ2) is 5.40. The molecule has 1 rings (SSSR count). The van der Waals surface area contributed by atoms with Gasteiger partial charge in [0.15, 0.2) is 6.10 Å². The van der Waals surface area contributed by atoms with Gasteiger partial charge in [-0.1, -0.05) is 19.1 Å². The van der Waals surface area contributed by atoms with Gasteiger partial charge >= 0.3 is 5.97 Å². The predicted molar refractivity (Wildman–Crippen MR) is 68.9 cm³/mol. The van der Waals surface area contributed by atoms with Crippen LogP contribution in [0.4, 0.5) is 0 Å². The molecule has 0 spiro atoms. The fourth-order valence-electron chi connectivity index (χ4n) is 1.59. The second-order valence-electron chi connectivity index (χ2n) is 5.36. The van der Waals surface area contributed by atoms with Crippen LogP contribution in [0.5, 0.6) is 5.75 Å². The molecule has 1 aromatic rings. The highest BCUT2D eigenvalue weighted by atomic mass is 16.5. The summed E-state index contributed by atoms with van der Waals surface area (Å²) < 4.78 is 5.67. The topological polar surface area (TPSA) is 66.8 Å². The summed E-state index contributed by atoms with van der Waals surface area (Å²) in [5.74, 6) is -0.938. The Bertz CT molecular complexity index is 403. The summed E-state index contributed by atoms with van der Waals surface area (Å²) in [6.07, 6.45) is -1.39. The van der Waals surface area contributed by atoms with E-state index in [-0.39, 0.29) is 5.60 Å². The molecule has 2 N–H and O–H groups in total. The molecule has 100 valence electrons. The van der Waals surface area contributed by atoms with Crippen LogP contribution < -0.4 is 4.74 Å². The standard InChI is InChI=1S/C14H20O4/c1-9(12(15)13(16)17)10-5-7-11(8-6-10)18-14(2,3)4/h5-9,12,15H,1-4H3,(H,16,17). The number of aliphatic carboxylic acids is 1. The zero-order valence-corrected chi connectivity index (χ0v) is 11.2. The van der Waals surface area contributed by atoms with Gasteiger partial charge in [-0.15, -0.1) is 0 Å². The van der Waals surface area contributed by atoms with Crippen LogP contribution in [0.15, 0.2) is 24.3 Å². The first-order valence-corrected chi connectivity index (χ1v) is 5.90. The van der Waals surface area contributed by atoms with E-state index < -0.39 is 18.0 Å². The van der Waals surface area contributed by atoms with Crippen LogP contribution in [0.3, 0.4) is 0 Å². The van der Waals surface area contributed by atoms with Crippen molar-refractivity contribution in [3.8, 4) is 5.75 Å². The van der Waals surface area contributed by atoms with Gasteiger partial charge in [0.25, 0.3) is 0 Å². The molecule has 0 bridgehead atoms. The lowest BCUT2D eigenvalue weighted by Gasteiger charge is -2.22. The molecule has 0 aromatic heterocycles. The highest BCUT2D eigenvalue weighted by molar-refractivity contribution is 5.73. The first kappa shape index (κ1) is 14.5. The molecule has 0 amide bonds. The van der Waals surface area contributed by atoms with E-state index in [1.165, 1.54) is 0 Å². The molecule has 4 nitrogen and oxygen atoms in total. The number of rotatable bonds is 4. The summed E-state index contributed by atoms with van der Waals surface area (Å²) in [4.78, 5) is 10.7. The fraction of sp³-hybridized carbons (Fsp3) is 0.500. The van der Waals surface area contributed by atoms with Crippen molar-refractivity contribution in [3.63, 3.8) is 0 Å². The SMILES string of the molecule is CC(c1ccc(OC(C)(C)C)cc1)C(O)C(=O)O. The number of benzene rings is 1. The Balaban J connectivity index is 2.80. The average Bonchev–Trinajstić information content (AvgIpc) is 2.26. The highest BCUT2D eigenvalue weighted by Gasteiger charge is 2.23. The van der Waals surface area contributed by atoms with Crippen LogP contribution in [0.2, 0.25) is 0 Å². The number of aliphatic hydroxyl groups excluding tert-OH is 1. The summed E-state index contributed by atoms with van der Waals surface area (Å²) in [6.45, 7) is 7.55. The third-order valence-electron chi connectivity index (χ3n) is 2.56. The maximum absolute atomic E-state index is 10.7. The second-order valence-corrected chi connectivity index (χ2v) is 5.36. The number of ether oxygens (including phenoxy) is 1. The van der Waals surface area contributed by atoms with Crippen molar-refractivity contribution in [3.05, 3.63) is 29.8 Å². The molecule has 0 fully saturated rings. The Morgan fingerprint density at radius 3 is 2.11 bits per heavy atom. The summed E-state index contributed by atoms with van der Waals surface area (Å²) in [6, 6.07) is 7.12. The Morgan fingerprint density at radius 1 is 1.22 bits per heavy atom. The van der Waals surface area contributed by atoms with Crippen LogP contribution in [-0.4, -0.2) is 27.9 Å². The minimum absolute atomic E-state index is 0.270. The van der Waals surface area contributed by atoms with Crippen molar-refractivity contribution in [2.75, 3.05) is 0 Å². The molecular formula is C14H20O4. The zero-order chi connectivity index (χ0) is 13.9. The Labute approximate surface area is 107 Å². The minimum Gasteiger partial charge on any atom is -0.488 e. The van der Waals surface area contributed by atoms with Crippen molar-refractivity contribution < 1.29 is 19.7 Å². The lowest BCUT2D eigenvalue weighted by Crippen LogP contribution is -2.26. The van der Waals surface area contributed by atoms with Gasteiger partial charge in [0, 0.05) is 5.92 Å². The van der Waals surface area contributed by atoms with E-state index in [2.05, 4.69) is 0 Å². The molecule has 2 unspecified atom stereocenters. The molecule has 0 aliphatic rings. The van der Waals surface area contributed by atoms with Crippen molar-refractivity contribution in [1.29, 1.82) is 0 Å². The van der Waals surface area contributed by atoms with Crippen LogP contribution in [0.1, 0.15) is 39.2 Å². The molecule has 18 heavy (non-hydrogen) atoms. The van der Waals surface area contributed by atoms with Crippen molar-refractivity contribution >= 4 is 5.97 Å². The maximum Gasteiger partial charge on any atom is 0.333 e. The zero-order valence-electron chi connectivity index (χ0n) is 11.2. The smallest absolute Gasteiger partial charge is 0.333 e. The summed E-state index contributed by atoms with van der Waals surface area (Å²) in [5, 5.41) is 18.2. The number of aliphatic hydroxyl groups is 1. The molecule has 0 saturated heterocycles. The first-order valence-electron chi connectivity index (χ1n) is 5.90. The van der Waals surface area contributed by atoms with E-state index in [1.54, 1.807) is 31.2 Å². The molecule has 4 heteroatoms. The normalized spacial score (nSPS) is 14.9. The Hall–Kier alpha value is -1.55. The van der Waals surface area contributed by atoms with Gasteiger partial charge in [0.2, 0.25) is 0 Å². The number of carboxylic acids is 1. The third kappa shape index (κ3) is 4.04. The summed E-state index contributed by atoms with van der Waals surface area (Å²) in [7, 11) is 0. The van der Waals surface area contributed by atoms with Crippen LogP contribution in [0.25, 0.3) is 0 Å². The van der Waals surface area contributed by atoms with E-state index >= 15 is 0 Å². The van der Waals surface area contributed by atoms with Crippen LogP contribution in [-0.2, 0) is 4.79 Å². The van der Waals surface area contributed by atoms with Crippen molar-refractivity contribution in [2.45, 2.75) is 45.3 Å². The van der Waals surface area contributed by atoms with Crippen molar-refractivity contribution in [2.24, 2.45) is 0 Å². The van der Waals surface area contributed by atoms with Gasteiger partial charge in [-0.2, -0.15) is 0 Å². The quantitative estimate of drug-likeness (QED) is 0.863. The number of carbonyl (C=O) groups is 1. The number of hydrogen-bond donors (Lipinski definition) is 2. The Morgan fingerprint density at radius 2 is 1.72 bits per heavy atom. The minimum atomic E-state index is -1.39. The molecular weight excluding hydrogens is 232 g/mol. The molecule has 0 heterocycles. The van der Waals surface area contributed by atoms with E-state index in [1.807, 2.05) is 20.8 Å². The molecule has 0 aliphatic carbocycles. The van der Waals surface area contributed by atoms with Gasteiger partial charge in [0.05, 0.1) is 0 Å². The molecule has 0 saturated carbocycles. The van der Waals surface area contributed by atoms with Crippen LogP contribution in [0, 0.1) is 0 Å². The molecule has 0 radical (unpaired) electrons. The number of carboxylic acid groups (broad SMARTS) is 1. The lowest BCUT2D eigenvalue weighted by molar-refractivity contribution is -0.147. The average molecular weight is 252 g/mol. The predicted octanol–water partition coefficient (Wildman–Crippen LogP) is 2.41. The van der Waals surface area contributed by atoms with E-state index in [9.17, 15) is 9.90 Å². The maximum atomic E-state index is 10.7. The largest absolute Gasteiger partial charge is 0.488 e. The lowest BCUT2D eigenvalue weighted by atomic mass is 9.95. The van der Waals surface area contributed by atoms with Gasteiger partial charge < -0.3 is 14.9 Å². The Kier molecular flexibility index (Phi) is 4.35. The van der Waals surface area contributed by atoms with Gasteiger partial charge in [-0.3, -0.25) is 0 Å². The molecule has 0 aliphatic heterocycles. The van der Waals surface area contributed by atoms with Crippen LogP contribution >= 0.6 is 0 Å². The number of hydrogen-bond acceptors (Lipinski definition) is 3. The summed E-state index contributed by atoms with van der Waals surface area (Å²) in [5.41, 5.74) is 0.499. The van der Waals surface area contributed by atoms with E-state index in [0.717, 1.165) is 11.3 Å².